The summed E-state index contributed by atoms with van der Waals surface area (Å²) < 4.78 is 6.56. The van der Waals surface area contributed by atoms with Crippen molar-refractivity contribution >= 4 is 21.8 Å². The summed E-state index contributed by atoms with van der Waals surface area (Å²) in [6.07, 6.45) is 0.753. The van der Waals surface area contributed by atoms with Crippen molar-refractivity contribution < 1.29 is 14.6 Å². The van der Waals surface area contributed by atoms with Gasteiger partial charge in [-0.15, -0.1) is 0 Å². The van der Waals surface area contributed by atoms with Gasteiger partial charge in [0, 0.05) is 18.6 Å². The molecule has 0 radical (unpaired) electrons. The second-order valence-electron chi connectivity index (χ2n) is 7.00. The van der Waals surface area contributed by atoms with E-state index in [0.717, 1.165) is 33.1 Å². The van der Waals surface area contributed by atoms with Gasteiger partial charge < -0.3 is 14.7 Å². The number of likely N-dealkylation sites (N-methyl/N-ethyl adjacent to an activating group) is 1. The van der Waals surface area contributed by atoms with Crippen molar-refractivity contribution in [3.8, 4) is 11.5 Å². The van der Waals surface area contributed by atoms with Crippen molar-refractivity contribution in [3.05, 3.63) is 57.1 Å². The molecule has 0 aliphatic carbocycles. The zero-order valence-electron chi connectivity index (χ0n) is 16.0. The average molecular weight is 420 g/mol. The van der Waals surface area contributed by atoms with Gasteiger partial charge in [0.15, 0.2) is 6.61 Å². The van der Waals surface area contributed by atoms with Gasteiger partial charge in [-0.05, 0) is 59.7 Å². The summed E-state index contributed by atoms with van der Waals surface area (Å²) in [5, 5.41) is 10.0. The minimum atomic E-state index is -0.0758. The summed E-state index contributed by atoms with van der Waals surface area (Å²) in [6, 6.07) is 9.62. The Labute approximate surface area is 163 Å². The number of aromatic hydroxyl groups is 1. The molecule has 2 aromatic carbocycles. The number of ether oxygens (including phenoxy) is 1. The van der Waals surface area contributed by atoms with E-state index in [4.69, 9.17) is 4.74 Å². The number of rotatable bonds is 6. The molecular formula is C21H26BrNO3. The van der Waals surface area contributed by atoms with Crippen LogP contribution < -0.4 is 4.74 Å². The first-order chi connectivity index (χ1) is 12.2. The lowest BCUT2D eigenvalue weighted by molar-refractivity contribution is -0.130. The molecule has 0 fully saturated rings. The molecule has 0 heterocycles. The quantitative estimate of drug-likeness (QED) is 0.741. The Morgan fingerprint density at radius 3 is 2.50 bits per heavy atom. The van der Waals surface area contributed by atoms with E-state index < -0.39 is 0 Å². The minimum Gasteiger partial charge on any atom is -0.508 e. The van der Waals surface area contributed by atoms with E-state index in [2.05, 4.69) is 35.8 Å². The number of aryl methyl sites for hydroxylation is 1. The van der Waals surface area contributed by atoms with E-state index in [-0.39, 0.29) is 18.4 Å². The maximum Gasteiger partial charge on any atom is 0.259 e. The molecule has 0 unspecified atom stereocenters. The van der Waals surface area contributed by atoms with Gasteiger partial charge in [0.25, 0.3) is 5.91 Å². The molecule has 0 aliphatic rings. The number of amides is 1. The molecule has 140 valence electrons. The van der Waals surface area contributed by atoms with Crippen molar-refractivity contribution in [2.24, 2.45) is 0 Å². The van der Waals surface area contributed by atoms with Gasteiger partial charge in [-0.25, -0.2) is 0 Å². The SMILES string of the molecule is Cc1cc(OCC(=O)N(C)C)cc(Br)c1Cc1ccc(O)c(C(C)C)c1. The molecule has 0 aliphatic heterocycles. The molecule has 2 rings (SSSR count). The molecule has 0 bridgehead atoms. The fourth-order valence-electron chi connectivity index (χ4n) is 2.70. The van der Waals surface area contributed by atoms with Crippen LogP contribution in [-0.2, 0) is 11.2 Å². The van der Waals surface area contributed by atoms with Crippen molar-refractivity contribution in [3.63, 3.8) is 0 Å². The van der Waals surface area contributed by atoms with E-state index in [9.17, 15) is 9.90 Å². The van der Waals surface area contributed by atoms with Crippen LogP contribution in [0, 0.1) is 6.92 Å². The molecule has 26 heavy (non-hydrogen) atoms. The predicted octanol–water partition coefficient (Wildman–Crippen LogP) is 4.64. The second kappa shape index (κ2) is 8.58. The normalized spacial score (nSPS) is 10.9. The summed E-state index contributed by atoms with van der Waals surface area (Å²) >= 11 is 3.63. The van der Waals surface area contributed by atoms with E-state index in [1.807, 2.05) is 25.1 Å². The molecule has 1 amide bonds. The summed E-state index contributed by atoms with van der Waals surface area (Å²) in [5.74, 6) is 1.20. The highest BCUT2D eigenvalue weighted by atomic mass is 79.9. The highest BCUT2D eigenvalue weighted by Gasteiger charge is 2.12. The number of phenols is 1. The Morgan fingerprint density at radius 2 is 1.92 bits per heavy atom. The van der Waals surface area contributed by atoms with Gasteiger partial charge in [0.05, 0.1) is 0 Å². The number of hydrogen-bond acceptors (Lipinski definition) is 3. The standard InChI is InChI=1S/C21H26BrNO3/c1-13(2)17-9-15(6-7-20(17)24)10-18-14(3)8-16(11-19(18)22)26-12-21(25)23(4)5/h6-9,11,13,24H,10,12H2,1-5H3. The molecule has 0 saturated heterocycles. The maximum absolute atomic E-state index is 11.7. The number of phenolic OH excluding ortho intramolecular Hbond substituents is 1. The monoisotopic (exact) mass is 419 g/mol. The molecule has 0 saturated carbocycles. The first-order valence-corrected chi connectivity index (χ1v) is 9.42. The zero-order valence-corrected chi connectivity index (χ0v) is 17.6. The molecule has 0 aromatic heterocycles. The number of halogens is 1. The Balaban J connectivity index is 2.21. The number of carbonyl (C=O) groups excluding carboxylic acids is 1. The molecule has 0 spiro atoms. The summed E-state index contributed by atoms with van der Waals surface area (Å²) in [4.78, 5) is 13.2. The zero-order chi connectivity index (χ0) is 19.4. The first-order valence-electron chi connectivity index (χ1n) is 8.62. The highest BCUT2D eigenvalue weighted by Crippen LogP contribution is 2.31. The van der Waals surface area contributed by atoms with Crippen molar-refractivity contribution in [2.75, 3.05) is 20.7 Å². The third-order valence-electron chi connectivity index (χ3n) is 4.35. The Morgan fingerprint density at radius 1 is 1.23 bits per heavy atom. The lowest BCUT2D eigenvalue weighted by Crippen LogP contribution is -2.27. The minimum absolute atomic E-state index is 0.0218. The van der Waals surface area contributed by atoms with Gasteiger partial charge in [-0.1, -0.05) is 41.9 Å². The van der Waals surface area contributed by atoms with Crippen LogP contribution in [0.5, 0.6) is 11.5 Å². The van der Waals surface area contributed by atoms with Crippen LogP contribution >= 0.6 is 15.9 Å². The van der Waals surface area contributed by atoms with Gasteiger partial charge in [-0.2, -0.15) is 0 Å². The van der Waals surface area contributed by atoms with Crippen LogP contribution in [0.1, 0.15) is 42.0 Å². The number of hydrogen-bond donors (Lipinski definition) is 1. The van der Waals surface area contributed by atoms with Gasteiger partial charge in [-0.3, -0.25) is 4.79 Å². The number of nitrogens with zero attached hydrogens (tertiary/aromatic N) is 1. The topological polar surface area (TPSA) is 49.8 Å². The van der Waals surface area contributed by atoms with Crippen molar-refractivity contribution in [1.29, 1.82) is 0 Å². The Kier molecular flexibility index (Phi) is 6.70. The van der Waals surface area contributed by atoms with Crippen LogP contribution in [0.15, 0.2) is 34.8 Å². The lowest BCUT2D eigenvalue weighted by Gasteiger charge is -2.15. The maximum atomic E-state index is 11.7. The van der Waals surface area contributed by atoms with Crippen LogP contribution in [0.25, 0.3) is 0 Å². The fourth-order valence-corrected chi connectivity index (χ4v) is 3.38. The lowest BCUT2D eigenvalue weighted by atomic mass is 9.95. The highest BCUT2D eigenvalue weighted by molar-refractivity contribution is 9.10. The van der Waals surface area contributed by atoms with Crippen LogP contribution in [0.2, 0.25) is 0 Å². The van der Waals surface area contributed by atoms with Gasteiger partial charge in [0.2, 0.25) is 0 Å². The summed E-state index contributed by atoms with van der Waals surface area (Å²) in [7, 11) is 3.41. The molecule has 1 N–H and O–H groups in total. The number of carbonyl (C=O) groups is 1. The van der Waals surface area contributed by atoms with Crippen molar-refractivity contribution in [2.45, 2.75) is 33.1 Å². The predicted molar refractivity (Wildman–Crippen MR) is 108 cm³/mol. The largest absolute Gasteiger partial charge is 0.508 e. The molecule has 0 atom stereocenters. The van der Waals surface area contributed by atoms with Crippen LogP contribution in [0.4, 0.5) is 0 Å². The molecule has 4 nitrogen and oxygen atoms in total. The Hall–Kier alpha value is -2.01. The molecular weight excluding hydrogens is 394 g/mol. The molecule has 5 heteroatoms. The first kappa shape index (κ1) is 20.3. The van der Waals surface area contributed by atoms with Gasteiger partial charge in [0.1, 0.15) is 11.5 Å². The third-order valence-corrected chi connectivity index (χ3v) is 5.06. The Bertz CT molecular complexity index is 777. The molecule has 2 aromatic rings. The average Bonchev–Trinajstić information content (AvgIpc) is 2.56. The summed E-state index contributed by atoms with van der Waals surface area (Å²) in [6.45, 7) is 6.20. The summed E-state index contributed by atoms with van der Waals surface area (Å²) in [5.41, 5.74) is 4.35. The fraction of sp³-hybridized carbons (Fsp3) is 0.381. The second-order valence-corrected chi connectivity index (χ2v) is 7.86. The smallest absolute Gasteiger partial charge is 0.259 e. The van der Waals surface area contributed by atoms with E-state index in [1.165, 1.54) is 4.90 Å². The number of benzene rings is 2. The van der Waals surface area contributed by atoms with Gasteiger partial charge >= 0.3 is 0 Å². The van der Waals surface area contributed by atoms with Crippen LogP contribution in [0.3, 0.4) is 0 Å². The van der Waals surface area contributed by atoms with Crippen LogP contribution in [-0.4, -0.2) is 36.6 Å². The van der Waals surface area contributed by atoms with E-state index in [0.29, 0.717) is 11.5 Å². The third kappa shape index (κ3) is 5.01. The van der Waals surface area contributed by atoms with E-state index >= 15 is 0 Å². The van der Waals surface area contributed by atoms with Crippen molar-refractivity contribution in [1.82, 2.24) is 4.90 Å². The van der Waals surface area contributed by atoms with E-state index in [1.54, 1.807) is 20.2 Å².